The second-order valence-corrected chi connectivity index (χ2v) is 19.8. The highest BCUT2D eigenvalue weighted by Gasteiger charge is 2.50. The predicted molar refractivity (Wildman–Crippen MR) is 241 cm³/mol. The second kappa shape index (κ2) is 17.7. The Morgan fingerprint density at radius 1 is 1.12 bits per heavy atom. The van der Waals surface area contributed by atoms with Gasteiger partial charge in [0.15, 0.2) is 5.75 Å². The number of sulfonamides is 1. The van der Waals surface area contributed by atoms with Crippen LogP contribution in [0.4, 0.5) is 21.7 Å². The third-order valence-electron chi connectivity index (χ3n) is 13.0. The number of imidazole rings is 1. The maximum atomic E-state index is 15.7. The SMILES string of the molecule is CNC(=O)CCC(C=O)n1c(=O)n(C)c2c(N3CCC(CN4CCCC5(C4)CN(S(=O)(=O)c4ccc(Nc6nc7c(OC(C)C)c(-c8cn[nH]c8)ncn7n6)c(F)c4)C5)CC3)cccc21. The number of para-hydroxylation sites is 1. The zero-order valence-corrected chi connectivity index (χ0v) is 37.7. The number of fused-ring (bicyclic) bond motifs is 2. The van der Waals surface area contributed by atoms with Crippen LogP contribution < -0.4 is 26.0 Å². The minimum Gasteiger partial charge on any atom is -0.485 e. The molecule has 3 fully saturated rings. The van der Waals surface area contributed by atoms with Crippen LogP contribution in [-0.2, 0) is 26.7 Å². The number of nitrogens with one attached hydrogen (secondary N) is 3. The number of carbonyl (C=O) groups is 2. The van der Waals surface area contributed by atoms with Crippen molar-refractivity contribution in [3.05, 3.63) is 71.4 Å². The molecule has 3 aliphatic heterocycles. The van der Waals surface area contributed by atoms with Crippen molar-refractivity contribution in [2.45, 2.75) is 69.4 Å². The number of ether oxygens (including phenoxy) is 1. The summed E-state index contributed by atoms with van der Waals surface area (Å²) >= 11 is 0. The number of halogens is 1. The monoisotopic (exact) mass is 911 g/mol. The summed E-state index contributed by atoms with van der Waals surface area (Å²) in [6, 6.07) is 8.86. The molecule has 65 heavy (non-hydrogen) atoms. The van der Waals surface area contributed by atoms with Crippen LogP contribution in [0.1, 0.15) is 58.4 Å². The number of carbonyl (C=O) groups excluding carboxylic acids is 2. The minimum absolute atomic E-state index is 0.0171. The number of aromatic nitrogens is 8. The first-order chi connectivity index (χ1) is 31.3. The van der Waals surface area contributed by atoms with Crippen molar-refractivity contribution < 1.29 is 27.1 Å². The fourth-order valence-corrected chi connectivity index (χ4v) is 11.5. The third-order valence-corrected chi connectivity index (χ3v) is 14.8. The van der Waals surface area contributed by atoms with Gasteiger partial charge in [0.2, 0.25) is 27.5 Å². The average molecular weight is 912 g/mol. The maximum absolute atomic E-state index is 15.7. The number of hydrogen-bond donors (Lipinski definition) is 3. The second-order valence-electron chi connectivity index (χ2n) is 17.9. The topological polar surface area (TPSA) is 210 Å². The summed E-state index contributed by atoms with van der Waals surface area (Å²) < 4.78 is 55.4. The Kier molecular flexibility index (Phi) is 12.0. The highest BCUT2D eigenvalue weighted by Crippen LogP contribution is 2.43. The zero-order chi connectivity index (χ0) is 45.6. The zero-order valence-electron chi connectivity index (χ0n) is 36.9. The number of nitrogens with zero attached hydrogens (tertiary/aromatic N) is 10. The summed E-state index contributed by atoms with van der Waals surface area (Å²) in [7, 11) is -0.676. The van der Waals surface area contributed by atoms with Crippen LogP contribution in [0.15, 0.2) is 64.8 Å². The molecule has 344 valence electrons. The van der Waals surface area contributed by atoms with Gasteiger partial charge in [0.05, 0.1) is 45.6 Å². The van der Waals surface area contributed by atoms with E-state index in [1.165, 1.54) is 31.8 Å². The molecule has 3 saturated heterocycles. The lowest BCUT2D eigenvalue weighted by Crippen LogP contribution is -2.64. The van der Waals surface area contributed by atoms with Crippen molar-refractivity contribution in [2.75, 3.05) is 63.1 Å². The predicted octanol–water partition coefficient (Wildman–Crippen LogP) is 4.11. The molecule has 0 radical (unpaired) electrons. The van der Waals surface area contributed by atoms with Crippen LogP contribution >= 0.6 is 0 Å². The molecule has 7 heterocycles. The first kappa shape index (κ1) is 44.0. The molecule has 9 rings (SSSR count). The van der Waals surface area contributed by atoms with Crippen molar-refractivity contribution in [3.63, 3.8) is 0 Å². The number of rotatable bonds is 15. The van der Waals surface area contributed by atoms with Crippen molar-refractivity contribution in [2.24, 2.45) is 18.4 Å². The standard InChI is InChI=1S/C44H54FN13O6S/c1-28(2)64-40-38(30-20-48-49-21-30)47-27-57-41(40)51-42(52-57)50-34-11-10-32(19-33(34)45)65(62,63)56-25-44(26-56)15-6-16-54(24-44)22-29-13-17-55(18-14-29)35-7-5-8-36-39(35)53(4)43(61)58(36)31(23-59)9-12-37(60)46-3/h5,7-8,10-11,19-21,23,27-29,31H,6,9,12-18,22,24-26H2,1-4H3,(H,46,60)(H,48,49)(H,50,52). The van der Waals surface area contributed by atoms with Gasteiger partial charge in [-0.05, 0) is 88.7 Å². The molecular formula is C44H54FN13O6S. The van der Waals surface area contributed by atoms with Crippen molar-refractivity contribution >= 4 is 56.2 Å². The lowest BCUT2D eigenvalue weighted by Gasteiger charge is -2.54. The number of hydrogen-bond acceptors (Lipinski definition) is 13. The van der Waals surface area contributed by atoms with Gasteiger partial charge in [-0.1, -0.05) is 6.07 Å². The summed E-state index contributed by atoms with van der Waals surface area (Å²) in [6.07, 6.45) is 9.52. The molecule has 1 spiro atoms. The number of piperidine rings is 2. The molecule has 1 amide bonds. The van der Waals surface area contributed by atoms with E-state index >= 15 is 4.39 Å². The third kappa shape index (κ3) is 8.47. The Balaban J connectivity index is 0.809. The molecule has 1 atom stereocenters. The molecule has 1 unspecified atom stereocenters. The van der Waals surface area contributed by atoms with Crippen LogP contribution in [0, 0.1) is 17.2 Å². The van der Waals surface area contributed by atoms with Gasteiger partial charge in [0.25, 0.3) is 0 Å². The van der Waals surface area contributed by atoms with Gasteiger partial charge in [0.1, 0.15) is 24.1 Å². The highest BCUT2D eigenvalue weighted by atomic mass is 32.2. The van der Waals surface area contributed by atoms with Crippen LogP contribution in [0.2, 0.25) is 0 Å². The Morgan fingerprint density at radius 3 is 2.63 bits per heavy atom. The fourth-order valence-electron chi connectivity index (χ4n) is 9.82. The van der Waals surface area contributed by atoms with Gasteiger partial charge in [-0.25, -0.2) is 22.6 Å². The highest BCUT2D eigenvalue weighted by molar-refractivity contribution is 7.89. The first-order valence-corrected chi connectivity index (χ1v) is 23.5. The molecule has 6 aromatic rings. The Labute approximate surface area is 375 Å². The molecule has 21 heteroatoms. The maximum Gasteiger partial charge on any atom is 0.329 e. The van der Waals surface area contributed by atoms with E-state index in [0.29, 0.717) is 47.2 Å². The first-order valence-electron chi connectivity index (χ1n) is 22.1. The summed E-state index contributed by atoms with van der Waals surface area (Å²) in [4.78, 5) is 51.3. The summed E-state index contributed by atoms with van der Waals surface area (Å²) in [5.74, 6) is -0.0241. The molecule has 0 bridgehead atoms. The van der Waals surface area contributed by atoms with Crippen molar-refractivity contribution in [1.29, 1.82) is 0 Å². The van der Waals surface area contributed by atoms with E-state index in [2.05, 4.69) is 45.7 Å². The van der Waals surface area contributed by atoms with E-state index in [1.54, 1.807) is 31.1 Å². The van der Waals surface area contributed by atoms with Crippen LogP contribution in [0.5, 0.6) is 5.75 Å². The van der Waals surface area contributed by atoms with Crippen molar-refractivity contribution in [1.82, 2.24) is 53.4 Å². The number of H-pyrrole nitrogens is 1. The smallest absolute Gasteiger partial charge is 0.329 e. The number of aldehydes is 1. The Hall–Kier alpha value is -6.19. The molecule has 3 aliphatic rings. The van der Waals surface area contributed by atoms with E-state index in [-0.39, 0.29) is 52.5 Å². The van der Waals surface area contributed by atoms with E-state index in [9.17, 15) is 22.8 Å². The Bertz CT molecular complexity index is 2900. The average Bonchev–Trinajstić information content (AvgIpc) is 4.03. The van der Waals surface area contributed by atoms with Gasteiger partial charge in [-0.15, -0.1) is 5.10 Å². The molecule has 0 saturated carbocycles. The Morgan fingerprint density at radius 2 is 1.92 bits per heavy atom. The number of benzene rings is 2. The normalized spacial score (nSPS) is 17.8. The van der Waals surface area contributed by atoms with Gasteiger partial charge >= 0.3 is 5.69 Å². The van der Waals surface area contributed by atoms with Crippen molar-refractivity contribution in [3.8, 4) is 17.0 Å². The van der Waals surface area contributed by atoms with E-state index in [4.69, 9.17) is 4.74 Å². The quantitative estimate of drug-likeness (QED) is 0.124. The number of anilines is 3. The van der Waals surface area contributed by atoms with E-state index < -0.39 is 21.9 Å². The summed E-state index contributed by atoms with van der Waals surface area (Å²) in [6.45, 7) is 8.81. The number of aromatic amines is 1. The minimum atomic E-state index is -3.95. The fraction of sp³-hybridized carbons (Fsp3) is 0.477. The summed E-state index contributed by atoms with van der Waals surface area (Å²) in [5, 5.41) is 16.6. The van der Waals surface area contributed by atoms with Crippen LogP contribution in [0.25, 0.3) is 27.9 Å². The number of amides is 1. The summed E-state index contributed by atoms with van der Waals surface area (Å²) in [5.41, 5.74) is 3.54. The molecule has 19 nitrogen and oxygen atoms in total. The van der Waals surface area contributed by atoms with E-state index in [1.807, 2.05) is 32.0 Å². The molecule has 3 N–H and O–H groups in total. The molecule has 2 aromatic carbocycles. The van der Waals surface area contributed by atoms with Gasteiger partial charge < -0.3 is 30.0 Å². The molecular weight excluding hydrogens is 858 g/mol. The van der Waals surface area contributed by atoms with Crippen LogP contribution in [0.3, 0.4) is 0 Å². The van der Waals surface area contributed by atoms with E-state index in [0.717, 1.165) is 82.0 Å². The molecule has 0 aliphatic carbocycles. The number of likely N-dealkylation sites (tertiary alicyclic amines) is 1. The largest absolute Gasteiger partial charge is 0.485 e. The van der Waals surface area contributed by atoms with Gasteiger partial charge in [-0.3, -0.25) is 19.0 Å². The van der Waals surface area contributed by atoms with Gasteiger partial charge in [-0.2, -0.15) is 18.9 Å². The number of aryl methyl sites for hydroxylation is 1. The van der Waals surface area contributed by atoms with Crippen LogP contribution in [-0.4, -0.2) is 128 Å². The lowest BCUT2D eigenvalue weighted by molar-refractivity contribution is -0.121. The van der Waals surface area contributed by atoms with Gasteiger partial charge in [0, 0.05) is 77.0 Å². The molecule has 4 aromatic heterocycles. The lowest BCUT2D eigenvalue weighted by atomic mass is 9.74.